The molecule has 1 aromatic carbocycles. The van der Waals surface area contributed by atoms with Crippen molar-refractivity contribution in [3.63, 3.8) is 0 Å². The molecule has 1 fully saturated rings. The topological polar surface area (TPSA) is 48.9 Å². The van der Waals surface area contributed by atoms with Gasteiger partial charge in [0, 0.05) is 31.7 Å². The van der Waals surface area contributed by atoms with E-state index in [1.807, 2.05) is 6.92 Å². The van der Waals surface area contributed by atoms with E-state index in [9.17, 15) is 13.2 Å². The first-order valence-corrected chi connectivity index (χ1v) is 9.89. The number of halogens is 4. The summed E-state index contributed by atoms with van der Waals surface area (Å²) in [6.07, 6.45) is -2.35. The van der Waals surface area contributed by atoms with Crippen LogP contribution in [0.1, 0.15) is 39.2 Å². The number of ether oxygens (including phenoxy) is 1. The van der Waals surface area contributed by atoms with E-state index in [-0.39, 0.29) is 42.9 Å². The minimum absolute atomic E-state index is 0. The van der Waals surface area contributed by atoms with Crippen LogP contribution in [0.25, 0.3) is 0 Å². The summed E-state index contributed by atoms with van der Waals surface area (Å²) in [5.74, 6) is 0.516. The van der Waals surface area contributed by atoms with Crippen LogP contribution < -0.4 is 15.4 Å². The molecule has 1 aromatic rings. The van der Waals surface area contributed by atoms with Gasteiger partial charge in [-0.05, 0) is 45.7 Å². The van der Waals surface area contributed by atoms with Crippen molar-refractivity contribution in [1.29, 1.82) is 0 Å². The zero-order valence-electron chi connectivity index (χ0n) is 17.3. The number of rotatable bonds is 7. The molecule has 0 amide bonds. The van der Waals surface area contributed by atoms with E-state index in [1.54, 1.807) is 0 Å². The minimum Gasteiger partial charge on any atom is -0.491 e. The molecule has 166 valence electrons. The predicted molar refractivity (Wildman–Crippen MR) is 121 cm³/mol. The standard InChI is InChI=1S/C20H31F3N4O.HI/c1-4-24-19(26-16-9-12-27(13-10-16)15(2)3)25-11-14-28-18-8-6-5-7-17(18)20(21,22)23;/h5-8,15-16H,4,9-14H2,1-3H3,(H2,24,25,26);1H. The Hall–Kier alpha value is -1.23. The molecular formula is C20H32F3IN4O. The molecule has 1 heterocycles. The van der Waals surface area contributed by atoms with Gasteiger partial charge >= 0.3 is 6.18 Å². The SMILES string of the molecule is CCNC(=NCCOc1ccccc1C(F)(F)F)NC1CCN(C(C)C)CC1.I. The fraction of sp³-hybridized carbons (Fsp3) is 0.650. The Bertz CT molecular complexity index is 632. The zero-order valence-corrected chi connectivity index (χ0v) is 19.6. The highest BCUT2D eigenvalue weighted by Gasteiger charge is 2.33. The first kappa shape index (κ1) is 25.8. The Morgan fingerprint density at radius 3 is 2.48 bits per heavy atom. The van der Waals surface area contributed by atoms with E-state index in [2.05, 4.69) is 34.4 Å². The van der Waals surface area contributed by atoms with Crippen LogP contribution in [0.2, 0.25) is 0 Å². The van der Waals surface area contributed by atoms with E-state index >= 15 is 0 Å². The highest BCUT2D eigenvalue weighted by Crippen LogP contribution is 2.35. The number of nitrogens with zero attached hydrogens (tertiary/aromatic N) is 2. The third kappa shape index (κ3) is 8.57. The molecule has 1 aliphatic heterocycles. The number of nitrogens with one attached hydrogen (secondary N) is 2. The number of hydrogen-bond donors (Lipinski definition) is 2. The third-order valence-electron chi connectivity index (χ3n) is 4.76. The molecule has 0 atom stereocenters. The van der Waals surface area contributed by atoms with Crippen LogP contribution >= 0.6 is 24.0 Å². The summed E-state index contributed by atoms with van der Waals surface area (Å²) < 4.78 is 44.3. The van der Waals surface area contributed by atoms with Gasteiger partial charge in [-0.2, -0.15) is 13.2 Å². The average Bonchev–Trinajstić information content (AvgIpc) is 2.65. The molecule has 0 aliphatic carbocycles. The summed E-state index contributed by atoms with van der Waals surface area (Å²) in [4.78, 5) is 6.90. The summed E-state index contributed by atoms with van der Waals surface area (Å²) in [7, 11) is 0. The molecule has 0 radical (unpaired) electrons. The van der Waals surface area contributed by atoms with Gasteiger partial charge in [0.05, 0.1) is 12.1 Å². The molecule has 2 N–H and O–H groups in total. The molecule has 9 heteroatoms. The average molecular weight is 528 g/mol. The second-order valence-electron chi connectivity index (χ2n) is 7.15. The summed E-state index contributed by atoms with van der Waals surface area (Å²) in [5, 5.41) is 6.62. The number of benzene rings is 1. The molecule has 0 bridgehead atoms. The van der Waals surface area contributed by atoms with Crippen molar-refractivity contribution >= 4 is 29.9 Å². The van der Waals surface area contributed by atoms with Crippen LogP contribution in [0, 0.1) is 0 Å². The van der Waals surface area contributed by atoms with Gasteiger partial charge in [0.15, 0.2) is 5.96 Å². The fourth-order valence-electron chi connectivity index (χ4n) is 3.21. The Balaban J connectivity index is 0.00000420. The number of para-hydroxylation sites is 1. The second kappa shape index (κ2) is 12.5. The van der Waals surface area contributed by atoms with Crippen LogP contribution in [-0.2, 0) is 6.18 Å². The lowest BCUT2D eigenvalue weighted by molar-refractivity contribution is -0.138. The number of alkyl halides is 3. The van der Waals surface area contributed by atoms with Gasteiger partial charge in [0.2, 0.25) is 0 Å². The number of guanidine groups is 1. The number of likely N-dealkylation sites (tertiary alicyclic amines) is 1. The van der Waals surface area contributed by atoms with Crippen LogP contribution in [0.3, 0.4) is 0 Å². The maximum atomic E-state index is 13.0. The zero-order chi connectivity index (χ0) is 20.6. The van der Waals surface area contributed by atoms with E-state index in [4.69, 9.17) is 4.74 Å². The Morgan fingerprint density at radius 1 is 1.24 bits per heavy atom. The summed E-state index contributed by atoms with van der Waals surface area (Å²) >= 11 is 0. The lowest BCUT2D eigenvalue weighted by Gasteiger charge is -2.35. The highest BCUT2D eigenvalue weighted by molar-refractivity contribution is 14.0. The summed E-state index contributed by atoms with van der Waals surface area (Å²) in [6, 6.07) is 6.14. The van der Waals surface area contributed by atoms with Crippen molar-refractivity contribution in [2.45, 2.75) is 51.9 Å². The van der Waals surface area contributed by atoms with Crippen molar-refractivity contribution in [3.05, 3.63) is 29.8 Å². The molecule has 0 saturated carbocycles. The van der Waals surface area contributed by atoms with Gasteiger partial charge in [0.25, 0.3) is 0 Å². The number of hydrogen-bond acceptors (Lipinski definition) is 3. The molecule has 29 heavy (non-hydrogen) atoms. The summed E-state index contributed by atoms with van der Waals surface area (Å²) in [6.45, 7) is 9.55. The summed E-state index contributed by atoms with van der Waals surface area (Å²) in [5.41, 5.74) is -0.763. The molecule has 0 spiro atoms. The molecule has 2 rings (SSSR count). The number of piperidine rings is 1. The van der Waals surface area contributed by atoms with Gasteiger partial charge in [-0.1, -0.05) is 12.1 Å². The van der Waals surface area contributed by atoms with Crippen molar-refractivity contribution in [3.8, 4) is 5.75 Å². The monoisotopic (exact) mass is 528 g/mol. The Labute approximate surface area is 188 Å². The van der Waals surface area contributed by atoms with Crippen LogP contribution in [0.15, 0.2) is 29.3 Å². The Kier molecular flexibility index (Phi) is 11.1. The lowest BCUT2D eigenvalue weighted by Crippen LogP contribution is -2.50. The predicted octanol–water partition coefficient (Wildman–Crippen LogP) is 4.13. The van der Waals surface area contributed by atoms with Crippen molar-refractivity contribution in [1.82, 2.24) is 15.5 Å². The smallest absolute Gasteiger partial charge is 0.419 e. The minimum atomic E-state index is -4.43. The van der Waals surface area contributed by atoms with E-state index in [0.29, 0.717) is 24.6 Å². The quantitative estimate of drug-likeness (QED) is 0.242. The van der Waals surface area contributed by atoms with Crippen molar-refractivity contribution in [2.75, 3.05) is 32.8 Å². The maximum absolute atomic E-state index is 13.0. The first-order valence-electron chi connectivity index (χ1n) is 9.89. The van der Waals surface area contributed by atoms with Crippen LogP contribution in [0.5, 0.6) is 5.75 Å². The second-order valence-corrected chi connectivity index (χ2v) is 7.15. The molecule has 1 saturated heterocycles. The molecule has 1 aliphatic rings. The molecular weight excluding hydrogens is 496 g/mol. The fourth-order valence-corrected chi connectivity index (χ4v) is 3.21. The molecule has 0 unspecified atom stereocenters. The third-order valence-corrected chi connectivity index (χ3v) is 4.76. The van der Waals surface area contributed by atoms with Gasteiger partial charge in [-0.15, -0.1) is 24.0 Å². The normalized spacial score (nSPS) is 16.4. The van der Waals surface area contributed by atoms with E-state index < -0.39 is 11.7 Å². The van der Waals surface area contributed by atoms with Gasteiger partial charge in [0.1, 0.15) is 12.4 Å². The first-order chi connectivity index (χ1) is 13.3. The van der Waals surface area contributed by atoms with Gasteiger partial charge in [-0.25, -0.2) is 4.99 Å². The lowest BCUT2D eigenvalue weighted by atomic mass is 10.0. The van der Waals surface area contributed by atoms with Crippen LogP contribution in [-0.4, -0.2) is 55.7 Å². The molecule has 5 nitrogen and oxygen atoms in total. The van der Waals surface area contributed by atoms with E-state index in [1.165, 1.54) is 18.2 Å². The van der Waals surface area contributed by atoms with Crippen molar-refractivity contribution < 1.29 is 17.9 Å². The number of aliphatic imine (C=N–C) groups is 1. The van der Waals surface area contributed by atoms with Crippen LogP contribution in [0.4, 0.5) is 13.2 Å². The van der Waals surface area contributed by atoms with E-state index in [0.717, 1.165) is 32.0 Å². The molecule has 0 aromatic heterocycles. The van der Waals surface area contributed by atoms with Gasteiger partial charge in [-0.3, -0.25) is 0 Å². The highest BCUT2D eigenvalue weighted by atomic mass is 127. The van der Waals surface area contributed by atoms with Crippen molar-refractivity contribution in [2.24, 2.45) is 4.99 Å². The Morgan fingerprint density at radius 2 is 1.90 bits per heavy atom. The van der Waals surface area contributed by atoms with Gasteiger partial charge < -0.3 is 20.3 Å². The maximum Gasteiger partial charge on any atom is 0.419 e. The largest absolute Gasteiger partial charge is 0.491 e.